The molecule has 0 unspecified atom stereocenters. The van der Waals surface area contributed by atoms with Gasteiger partial charge in [-0.2, -0.15) is 5.10 Å². The van der Waals surface area contributed by atoms with Crippen molar-refractivity contribution < 1.29 is 0 Å². The van der Waals surface area contributed by atoms with E-state index in [1.165, 1.54) is 11.1 Å². The van der Waals surface area contributed by atoms with Gasteiger partial charge >= 0.3 is 0 Å². The van der Waals surface area contributed by atoms with Crippen LogP contribution in [0.1, 0.15) is 11.1 Å². The lowest BCUT2D eigenvalue weighted by Crippen LogP contribution is -1.91. The lowest BCUT2D eigenvalue weighted by molar-refractivity contribution is 0.920. The molecule has 2 aromatic heterocycles. The monoisotopic (exact) mass is 365 g/mol. The van der Waals surface area contributed by atoms with Crippen LogP contribution in [0.15, 0.2) is 72.0 Å². The van der Waals surface area contributed by atoms with Crippen molar-refractivity contribution in [2.45, 2.75) is 17.7 Å². The Balaban J connectivity index is 1.64. The molecule has 0 aliphatic heterocycles. The molecule has 0 atom stereocenters. The van der Waals surface area contributed by atoms with Crippen LogP contribution in [0, 0.1) is 6.92 Å². The summed E-state index contributed by atoms with van der Waals surface area (Å²) in [5, 5.41) is 6.37. The van der Waals surface area contributed by atoms with E-state index in [0.717, 1.165) is 32.6 Å². The van der Waals surface area contributed by atoms with E-state index in [9.17, 15) is 0 Å². The van der Waals surface area contributed by atoms with Crippen molar-refractivity contribution in [3.63, 3.8) is 0 Å². The molecule has 0 spiro atoms. The standard InChI is InChI=1S/C20H16ClN3S/c1-14-3-2-4-15(11-14)13-25-20-19-12-18(23-24(19)10-9-22-20)16-5-7-17(21)8-6-16/h2-12H,13H2,1H3. The highest BCUT2D eigenvalue weighted by molar-refractivity contribution is 7.98. The minimum absolute atomic E-state index is 0.726. The number of fused-ring (bicyclic) bond motifs is 1. The first-order chi connectivity index (χ1) is 12.2. The summed E-state index contributed by atoms with van der Waals surface area (Å²) in [4.78, 5) is 4.55. The molecule has 25 heavy (non-hydrogen) atoms. The fraction of sp³-hybridized carbons (Fsp3) is 0.100. The third-order valence-corrected chi connectivity index (χ3v) is 5.27. The molecule has 0 fully saturated rings. The number of hydrogen-bond donors (Lipinski definition) is 0. The van der Waals surface area contributed by atoms with Crippen LogP contribution in [0.25, 0.3) is 16.8 Å². The van der Waals surface area contributed by atoms with E-state index >= 15 is 0 Å². The Hall–Kier alpha value is -2.30. The van der Waals surface area contributed by atoms with Crippen LogP contribution >= 0.6 is 23.4 Å². The summed E-state index contributed by atoms with van der Waals surface area (Å²) in [6, 6.07) is 18.4. The molecular weight excluding hydrogens is 350 g/mol. The molecule has 0 radical (unpaired) electrons. The van der Waals surface area contributed by atoms with E-state index in [1.54, 1.807) is 18.0 Å². The molecule has 0 aliphatic rings. The van der Waals surface area contributed by atoms with E-state index in [2.05, 4.69) is 47.3 Å². The first-order valence-electron chi connectivity index (χ1n) is 7.98. The van der Waals surface area contributed by atoms with Gasteiger partial charge in [-0.25, -0.2) is 9.50 Å². The zero-order chi connectivity index (χ0) is 17.2. The van der Waals surface area contributed by atoms with Gasteiger partial charge in [0.1, 0.15) is 5.03 Å². The maximum Gasteiger partial charge on any atom is 0.122 e. The van der Waals surface area contributed by atoms with Crippen molar-refractivity contribution >= 4 is 28.9 Å². The summed E-state index contributed by atoms with van der Waals surface area (Å²) in [5.41, 5.74) is 5.56. The molecule has 2 aromatic carbocycles. The van der Waals surface area contributed by atoms with E-state index in [4.69, 9.17) is 11.6 Å². The quantitative estimate of drug-likeness (QED) is 0.438. The number of rotatable bonds is 4. The topological polar surface area (TPSA) is 30.2 Å². The Morgan fingerprint density at radius 2 is 1.92 bits per heavy atom. The minimum atomic E-state index is 0.726. The van der Waals surface area contributed by atoms with Crippen LogP contribution in [-0.2, 0) is 5.75 Å². The van der Waals surface area contributed by atoms with E-state index in [0.29, 0.717) is 0 Å². The fourth-order valence-electron chi connectivity index (χ4n) is 2.72. The minimum Gasteiger partial charge on any atom is -0.246 e. The van der Waals surface area contributed by atoms with Gasteiger partial charge in [0, 0.05) is 28.7 Å². The molecule has 0 saturated heterocycles. The Morgan fingerprint density at radius 3 is 2.72 bits per heavy atom. The van der Waals surface area contributed by atoms with Crippen LogP contribution in [-0.4, -0.2) is 14.6 Å². The third kappa shape index (κ3) is 3.55. The molecule has 0 saturated carbocycles. The van der Waals surface area contributed by atoms with Crippen molar-refractivity contribution in [2.24, 2.45) is 0 Å². The molecule has 0 N–H and O–H groups in total. The number of nitrogens with zero attached hydrogens (tertiary/aromatic N) is 3. The van der Waals surface area contributed by atoms with Gasteiger partial charge in [0.2, 0.25) is 0 Å². The summed E-state index contributed by atoms with van der Waals surface area (Å²) in [6.07, 6.45) is 3.68. The summed E-state index contributed by atoms with van der Waals surface area (Å²) < 4.78 is 1.88. The van der Waals surface area contributed by atoms with E-state index in [1.807, 2.05) is 35.0 Å². The third-order valence-electron chi connectivity index (χ3n) is 3.95. The normalized spacial score (nSPS) is 11.1. The zero-order valence-corrected chi connectivity index (χ0v) is 15.3. The second kappa shape index (κ2) is 6.90. The van der Waals surface area contributed by atoms with Gasteiger partial charge in [0.05, 0.1) is 11.2 Å². The average Bonchev–Trinajstić information content (AvgIpc) is 3.05. The molecule has 0 aliphatic carbocycles. The van der Waals surface area contributed by atoms with Gasteiger partial charge in [-0.3, -0.25) is 0 Å². The second-order valence-corrected chi connectivity index (χ2v) is 7.28. The lowest BCUT2D eigenvalue weighted by Gasteiger charge is -2.04. The van der Waals surface area contributed by atoms with Crippen molar-refractivity contribution in [2.75, 3.05) is 0 Å². The Kier molecular flexibility index (Phi) is 4.47. The number of thioether (sulfide) groups is 1. The molecule has 4 aromatic rings. The van der Waals surface area contributed by atoms with Gasteiger partial charge in [-0.15, -0.1) is 0 Å². The summed E-state index contributed by atoms with van der Waals surface area (Å²) in [5.74, 6) is 0.885. The van der Waals surface area contributed by atoms with Crippen LogP contribution in [0.4, 0.5) is 0 Å². The Bertz CT molecular complexity index is 1020. The second-order valence-electron chi connectivity index (χ2n) is 5.88. The molecule has 5 heteroatoms. The van der Waals surface area contributed by atoms with Crippen molar-refractivity contribution in [3.8, 4) is 11.3 Å². The highest BCUT2D eigenvalue weighted by Gasteiger charge is 2.10. The summed E-state index contributed by atoms with van der Waals surface area (Å²) in [6.45, 7) is 2.11. The van der Waals surface area contributed by atoms with Crippen molar-refractivity contribution in [3.05, 3.63) is 83.1 Å². The Labute approximate surface area is 155 Å². The smallest absolute Gasteiger partial charge is 0.122 e. The highest BCUT2D eigenvalue weighted by atomic mass is 35.5. The van der Waals surface area contributed by atoms with Crippen LogP contribution in [0.5, 0.6) is 0 Å². The van der Waals surface area contributed by atoms with E-state index < -0.39 is 0 Å². The maximum absolute atomic E-state index is 5.97. The van der Waals surface area contributed by atoms with Crippen molar-refractivity contribution in [1.29, 1.82) is 0 Å². The van der Waals surface area contributed by atoms with Gasteiger partial charge in [-0.1, -0.05) is 65.3 Å². The number of halogens is 1. The number of aromatic nitrogens is 3. The fourth-order valence-corrected chi connectivity index (χ4v) is 3.77. The van der Waals surface area contributed by atoms with E-state index in [-0.39, 0.29) is 0 Å². The predicted octanol–water partition coefficient (Wildman–Crippen LogP) is 5.65. The molecular formula is C20H16ClN3S. The SMILES string of the molecule is Cc1cccc(CSc2nccn3nc(-c4ccc(Cl)cc4)cc23)c1. The van der Waals surface area contributed by atoms with Crippen molar-refractivity contribution in [1.82, 2.24) is 14.6 Å². The van der Waals surface area contributed by atoms with Gasteiger partial charge in [0.25, 0.3) is 0 Å². The molecule has 3 nitrogen and oxygen atoms in total. The first-order valence-corrected chi connectivity index (χ1v) is 9.34. The summed E-state index contributed by atoms with van der Waals surface area (Å²) in [7, 11) is 0. The van der Waals surface area contributed by atoms with Crippen LogP contribution < -0.4 is 0 Å². The lowest BCUT2D eigenvalue weighted by atomic mass is 10.1. The van der Waals surface area contributed by atoms with Gasteiger partial charge < -0.3 is 0 Å². The number of benzene rings is 2. The number of hydrogen-bond acceptors (Lipinski definition) is 3. The molecule has 124 valence electrons. The first kappa shape index (κ1) is 16.2. The molecule has 4 rings (SSSR count). The molecule has 0 amide bonds. The number of aryl methyl sites for hydroxylation is 1. The van der Waals surface area contributed by atoms with Gasteiger partial charge in [0.15, 0.2) is 0 Å². The largest absolute Gasteiger partial charge is 0.246 e. The summed E-state index contributed by atoms with van der Waals surface area (Å²) >= 11 is 7.70. The molecule has 0 bridgehead atoms. The Morgan fingerprint density at radius 1 is 1.08 bits per heavy atom. The zero-order valence-electron chi connectivity index (χ0n) is 13.7. The van der Waals surface area contributed by atoms with Crippen LogP contribution in [0.3, 0.4) is 0 Å². The predicted molar refractivity (Wildman–Crippen MR) is 104 cm³/mol. The van der Waals surface area contributed by atoms with Crippen LogP contribution in [0.2, 0.25) is 5.02 Å². The van der Waals surface area contributed by atoms with Gasteiger partial charge in [-0.05, 0) is 30.7 Å². The highest BCUT2D eigenvalue weighted by Crippen LogP contribution is 2.28. The maximum atomic E-state index is 5.97. The molecule has 2 heterocycles. The average molecular weight is 366 g/mol.